The van der Waals surface area contributed by atoms with Crippen LogP contribution in [0.1, 0.15) is 9.88 Å². The molecule has 0 amide bonds. The zero-order chi connectivity index (χ0) is 13.6. The normalized spacial score (nSPS) is 16.4. The summed E-state index contributed by atoms with van der Waals surface area (Å²) in [7, 11) is 0. The van der Waals surface area contributed by atoms with Crippen LogP contribution in [-0.4, -0.2) is 36.1 Å². The minimum atomic E-state index is 0.968. The van der Waals surface area contributed by atoms with Crippen LogP contribution in [0.5, 0.6) is 0 Å². The predicted molar refractivity (Wildman–Crippen MR) is 86.3 cm³/mol. The third kappa shape index (κ3) is 4.06. The van der Waals surface area contributed by atoms with Gasteiger partial charge in [0.15, 0.2) is 0 Å². The van der Waals surface area contributed by atoms with Crippen molar-refractivity contribution >= 4 is 23.1 Å². The molecule has 1 aromatic heterocycles. The highest BCUT2D eigenvalue weighted by molar-refractivity contribution is 7.98. The van der Waals surface area contributed by atoms with E-state index in [4.69, 9.17) is 0 Å². The van der Waals surface area contributed by atoms with E-state index in [0.29, 0.717) is 0 Å². The van der Waals surface area contributed by atoms with Crippen molar-refractivity contribution in [3.05, 3.63) is 46.4 Å². The molecule has 2 heterocycles. The molecule has 0 atom stereocenters. The van der Waals surface area contributed by atoms with Crippen molar-refractivity contribution in [2.45, 2.75) is 17.2 Å². The maximum atomic E-state index is 4.55. The van der Waals surface area contributed by atoms with E-state index in [-0.39, 0.29) is 0 Å². The minimum absolute atomic E-state index is 0.968. The molecule has 1 aromatic carbocycles. The highest BCUT2D eigenvalue weighted by Crippen LogP contribution is 2.25. The maximum Gasteiger partial charge on any atom is 0.103 e. The van der Waals surface area contributed by atoms with Crippen molar-refractivity contribution in [2.24, 2.45) is 0 Å². The molecule has 1 aliphatic rings. The zero-order valence-corrected chi connectivity index (χ0v) is 13.1. The van der Waals surface area contributed by atoms with Gasteiger partial charge in [-0.25, -0.2) is 4.98 Å². The number of piperazine rings is 1. The number of hydrogen-bond acceptors (Lipinski definition) is 5. The van der Waals surface area contributed by atoms with Crippen molar-refractivity contribution in [3.8, 4) is 0 Å². The summed E-state index contributed by atoms with van der Waals surface area (Å²) in [6.45, 7) is 5.55. The van der Waals surface area contributed by atoms with Gasteiger partial charge < -0.3 is 5.32 Å². The van der Waals surface area contributed by atoms with Crippen LogP contribution in [0, 0.1) is 0 Å². The molecule has 2 aromatic rings. The summed E-state index contributed by atoms with van der Waals surface area (Å²) in [5, 5.41) is 4.61. The van der Waals surface area contributed by atoms with Crippen molar-refractivity contribution in [1.29, 1.82) is 0 Å². The van der Waals surface area contributed by atoms with Crippen LogP contribution in [0.25, 0.3) is 0 Å². The fraction of sp³-hybridized carbons (Fsp3) is 0.400. The predicted octanol–water partition coefficient (Wildman–Crippen LogP) is 2.84. The molecule has 20 heavy (non-hydrogen) atoms. The molecule has 1 saturated heterocycles. The Kier molecular flexibility index (Phi) is 5.08. The molecule has 0 radical (unpaired) electrons. The van der Waals surface area contributed by atoms with Crippen molar-refractivity contribution in [1.82, 2.24) is 15.2 Å². The summed E-state index contributed by atoms with van der Waals surface area (Å²) in [5.74, 6) is 0.968. The van der Waals surface area contributed by atoms with Gasteiger partial charge in [0.05, 0.1) is 5.75 Å². The van der Waals surface area contributed by atoms with E-state index in [1.807, 2.05) is 29.3 Å². The van der Waals surface area contributed by atoms with Crippen LogP contribution in [-0.2, 0) is 12.3 Å². The highest BCUT2D eigenvalue weighted by atomic mass is 32.2. The quantitative estimate of drug-likeness (QED) is 0.860. The number of thioether (sulfide) groups is 1. The standard InChI is InChI=1S/C15H19N3S2/c1-2-4-13(5-3-1)19-12-15-17-10-14(20-15)11-18-8-6-16-7-9-18/h1-5,10,16H,6-9,11-12H2. The number of nitrogens with one attached hydrogen (secondary N) is 1. The van der Waals surface area contributed by atoms with Crippen LogP contribution in [0.15, 0.2) is 41.4 Å². The van der Waals surface area contributed by atoms with Crippen LogP contribution in [0.2, 0.25) is 0 Å². The molecule has 3 rings (SSSR count). The Balaban J connectivity index is 1.51. The van der Waals surface area contributed by atoms with Gasteiger partial charge >= 0.3 is 0 Å². The Bertz CT molecular complexity index is 521. The third-order valence-corrected chi connectivity index (χ3v) is 5.48. The summed E-state index contributed by atoms with van der Waals surface area (Å²) < 4.78 is 0. The lowest BCUT2D eigenvalue weighted by atomic mass is 10.3. The fourth-order valence-corrected chi connectivity index (χ4v) is 4.13. The van der Waals surface area contributed by atoms with Crippen LogP contribution >= 0.6 is 23.1 Å². The Morgan fingerprint density at radius 3 is 2.80 bits per heavy atom. The van der Waals surface area contributed by atoms with E-state index in [9.17, 15) is 0 Å². The SMILES string of the molecule is c1ccc(SCc2ncc(CN3CCNCC3)s2)cc1. The lowest BCUT2D eigenvalue weighted by Gasteiger charge is -2.26. The molecule has 1 N–H and O–H groups in total. The second-order valence-electron chi connectivity index (χ2n) is 4.85. The second kappa shape index (κ2) is 7.22. The minimum Gasteiger partial charge on any atom is -0.314 e. The van der Waals surface area contributed by atoms with E-state index in [1.54, 1.807) is 0 Å². The first-order valence-electron chi connectivity index (χ1n) is 6.95. The van der Waals surface area contributed by atoms with Gasteiger partial charge in [-0.1, -0.05) is 18.2 Å². The summed E-state index contributed by atoms with van der Waals surface area (Å²) in [4.78, 5) is 9.75. The average Bonchev–Trinajstić information content (AvgIpc) is 2.95. The largest absolute Gasteiger partial charge is 0.314 e. The van der Waals surface area contributed by atoms with Gasteiger partial charge in [-0.05, 0) is 12.1 Å². The molecule has 1 fully saturated rings. The van der Waals surface area contributed by atoms with Crippen LogP contribution < -0.4 is 5.32 Å². The molecule has 0 saturated carbocycles. The average molecular weight is 305 g/mol. The molecular formula is C15H19N3S2. The fourth-order valence-electron chi connectivity index (χ4n) is 2.24. The van der Waals surface area contributed by atoms with Crippen LogP contribution in [0.4, 0.5) is 0 Å². The Hall–Kier alpha value is -0.880. The first-order valence-corrected chi connectivity index (χ1v) is 8.75. The number of aromatic nitrogens is 1. The number of rotatable bonds is 5. The van der Waals surface area contributed by atoms with Gasteiger partial charge in [0.1, 0.15) is 5.01 Å². The van der Waals surface area contributed by atoms with E-state index in [2.05, 4.69) is 45.5 Å². The van der Waals surface area contributed by atoms with E-state index >= 15 is 0 Å². The van der Waals surface area contributed by atoms with Gasteiger partial charge in [0.2, 0.25) is 0 Å². The lowest BCUT2D eigenvalue weighted by molar-refractivity contribution is 0.235. The van der Waals surface area contributed by atoms with Crippen molar-refractivity contribution < 1.29 is 0 Å². The van der Waals surface area contributed by atoms with Gasteiger partial charge in [-0.2, -0.15) is 0 Å². The number of hydrogen-bond donors (Lipinski definition) is 1. The molecule has 0 aliphatic carbocycles. The number of nitrogens with zero attached hydrogens (tertiary/aromatic N) is 2. The first kappa shape index (κ1) is 14.1. The maximum absolute atomic E-state index is 4.55. The van der Waals surface area contributed by atoms with E-state index in [0.717, 1.165) is 38.5 Å². The van der Waals surface area contributed by atoms with Crippen molar-refractivity contribution in [2.75, 3.05) is 26.2 Å². The third-order valence-electron chi connectivity index (χ3n) is 3.30. The van der Waals surface area contributed by atoms with Gasteiger partial charge in [-0.15, -0.1) is 23.1 Å². The molecule has 3 nitrogen and oxygen atoms in total. The Labute approximate surface area is 128 Å². The highest BCUT2D eigenvalue weighted by Gasteiger charge is 2.11. The molecule has 0 spiro atoms. The molecule has 5 heteroatoms. The van der Waals surface area contributed by atoms with Gasteiger partial charge in [0, 0.05) is 48.7 Å². The summed E-state index contributed by atoms with van der Waals surface area (Å²) >= 11 is 3.71. The summed E-state index contributed by atoms with van der Waals surface area (Å²) in [6.07, 6.45) is 2.05. The molecule has 1 aliphatic heterocycles. The Morgan fingerprint density at radius 2 is 2.00 bits per heavy atom. The van der Waals surface area contributed by atoms with Crippen molar-refractivity contribution in [3.63, 3.8) is 0 Å². The zero-order valence-electron chi connectivity index (χ0n) is 11.4. The van der Waals surface area contributed by atoms with Crippen LogP contribution in [0.3, 0.4) is 0 Å². The monoisotopic (exact) mass is 305 g/mol. The number of thiazole rings is 1. The summed E-state index contributed by atoms with van der Waals surface area (Å²) in [5.41, 5.74) is 0. The molecule has 0 unspecified atom stereocenters. The number of benzene rings is 1. The first-order chi connectivity index (χ1) is 9.90. The van der Waals surface area contributed by atoms with E-state index in [1.165, 1.54) is 14.8 Å². The van der Waals surface area contributed by atoms with Gasteiger partial charge in [0.25, 0.3) is 0 Å². The summed E-state index contributed by atoms with van der Waals surface area (Å²) in [6, 6.07) is 10.5. The van der Waals surface area contributed by atoms with Gasteiger partial charge in [-0.3, -0.25) is 4.90 Å². The molecule has 106 valence electrons. The Morgan fingerprint density at radius 1 is 1.20 bits per heavy atom. The topological polar surface area (TPSA) is 28.2 Å². The molecular weight excluding hydrogens is 286 g/mol. The smallest absolute Gasteiger partial charge is 0.103 e. The van der Waals surface area contributed by atoms with E-state index < -0.39 is 0 Å². The second-order valence-corrected chi connectivity index (χ2v) is 7.10. The lowest BCUT2D eigenvalue weighted by Crippen LogP contribution is -2.42. The molecule has 0 bridgehead atoms.